The van der Waals surface area contributed by atoms with Crippen LogP contribution in [0.25, 0.3) is 0 Å². The maximum absolute atomic E-state index is 12.7. The minimum Gasteiger partial charge on any atom is -0.493 e. The van der Waals surface area contributed by atoms with E-state index >= 15 is 0 Å². The number of carbonyl (C=O) groups excluding carboxylic acids is 3. The highest BCUT2D eigenvalue weighted by Gasteiger charge is 2.26. The molecule has 0 saturated carbocycles. The maximum Gasteiger partial charge on any atom is 0.342 e. The molecule has 1 amide bonds. The minimum absolute atomic E-state index is 0.102. The highest BCUT2D eigenvalue weighted by atomic mass is 16.6. The second-order valence-corrected chi connectivity index (χ2v) is 8.08. The average Bonchev–Trinajstić information content (AvgIpc) is 2.76. The number of esters is 1. The molecule has 0 heterocycles. The molecule has 172 valence electrons. The summed E-state index contributed by atoms with van der Waals surface area (Å²) < 4.78 is 21.2. The highest BCUT2D eigenvalue weighted by molar-refractivity contribution is 6.02. The Morgan fingerprint density at radius 1 is 0.844 bits per heavy atom. The van der Waals surface area contributed by atoms with Gasteiger partial charge in [0.25, 0.3) is 0 Å². The lowest BCUT2D eigenvalue weighted by Crippen LogP contribution is -2.27. The second-order valence-electron chi connectivity index (χ2n) is 8.08. The quantitative estimate of drug-likeness (QED) is 0.484. The number of ketones is 1. The van der Waals surface area contributed by atoms with Crippen LogP contribution in [0.1, 0.15) is 48.4 Å². The summed E-state index contributed by atoms with van der Waals surface area (Å²) in [6.07, 6.45) is -1.05. The van der Waals surface area contributed by atoms with Crippen molar-refractivity contribution < 1.29 is 33.3 Å². The van der Waals surface area contributed by atoms with Gasteiger partial charge in [0, 0.05) is 16.7 Å². The number of hydrogen-bond donors (Lipinski definition) is 1. The Kier molecular flexibility index (Phi) is 7.86. The van der Waals surface area contributed by atoms with Gasteiger partial charge in [0.15, 0.2) is 17.6 Å². The fourth-order valence-corrected chi connectivity index (χ4v) is 2.81. The molecule has 1 atom stereocenters. The zero-order valence-corrected chi connectivity index (χ0v) is 19.4. The first-order chi connectivity index (χ1) is 15.0. The van der Waals surface area contributed by atoms with Crippen molar-refractivity contribution in [3.8, 4) is 17.2 Å². The average molecular weight is 443 g/mol. The smallest absolute Gasteiger partial charge is 0.342 e. The van der Waals surface area contributed by atoms with E-state index in [1.807, 2.05) is 20.8 Å². The van der Waals surface area contributed by atoms with E-state index in [0.29, 0.717) is 17.0 Å². The molecule has 32 heavy (non-hydrogen) atoms. The number of methoxy groups -OCH3 is 3. The summed E-state index contributed by atoms with van der Waals surface area (Å²) >= 11 is 0. The summed E-state index contributed by atoms with van der Waals surface area (Å²) in [4.78, 5) is 37.5. The largest absolute Gasteiger partial charge is 0.493 e. The molecule has 0 radical (unpaired) electrons. The van der Waals surface area contributed by atoms with E-state index in [-0.39, 0.29) is 28.8 Å². The number of carbonyl (C=O) groups is 3. The van der Waals surface area contributed by atoms with Crippen molar-refractivity contribution in [3.63, 3.8) is 0 Å². The molecular weight excluding hydrogens is 414 g/mol. The molecule has 0 aromatic heterocycles. The van der Waals surface area contributed by atoms with Crippen molar-refractivity contribution in [2.24, 2.45) is 5.41 Å². The molecule has 2 aromatic carbocycles. The van der Waals surface area contributed by atoms with E-state index in [2.05, 4.69) is 5.32 Å². The van der Waals surface area contributed by atoms with Gasteiger partial charge in [-0.3, -0.25) is 9.59 Å². The monoisotopic (exact) mass is 443 g/mol. The molecule has 2 rings (SSSR count). The number of anilines is 1. The number of benzene rings is 2. The third kappa shape index (κ3) is 5.57. The molecule has 1 unspecified atom stereocenters. The van der Waals surface area contributed by atoms with Gasteiger partial charge in [-0.05, 0) is 43.3 Å². The molecule has 8 nitrogen and oxygen atoms in total. The number of Topliss-reactive ketones (excluding diaryl/α,β-unsaturated/α-hetero) is 1. The van der Waals surface area contributed by atoms with Crippen LogP contribution in [0, 0.1) is 5.41 Å². The van der Waals surface area contributed by atoms with Crippen LogP contribution in [0.2, 0.25) is 0 Å². The third-order valence-corrected chi connectivity index (χ3v) is 4.69. The topological polar surface area (TPSA) is 100 Å². The third-order valence-electron chi connectivity index (χ3n) is 4.69. The van der Waals surface area contributed by atoms with E-state index in [4.69, 9.17) is 18.9 Å². The summed E-state index contributed by atoms with van der Waals surface area (Å²) in [5, 5.41) is 2.79. The summed E-state index contributed by atoms with van der Waals surface area (Å²) in [5.41, 5.74) is 0.479. The van der Waals surface area contributed by atoms with Crippen LogP contribution in [0.3, 0.4) is 0 Å². The summed E-state index contributed by atoms with van der Waals surface area (Å²) in [6, 6.07) is 9.43. The molecule has 0 spiro atoms. The van der Waals surface area contributed by atoms with Gasteiger partial charge >= 0.3 is 5.97 Å². The first kappa shape index (κ1) is 24.7. The van der Waals surface area contributed by atoms with Crippen LogP contribution in [0.4, 0.5) is 5.69 Å². The van der Waals surface area contributed by atoms with E-state index in [1.54, 1.807) is 30.3 Å². The van der Waals surface area contributed by atoms with Crippen molar-refractivity contribution in [2.75, 3.05) is 26.6 Å². The summed E-state index contributed by atoms with van der Waals surface area (Å²) in [7, 11) is 4.29. The number of rotatable bonds is 8. The van der Waals surface area contributed by atoms with E-state index in [0.717, 1.165) is 0 Å². The van der Waals surface area contributed by atoms with Crippen molar-refractivity contribution in [2.45, 2.75) is 33.8 Å². The van der Waals surface area contributed by atoms with Gasteiger partial charge in [0.05, 0.1) is 21.3 Å². The van der Waals surface area contributed by atoms with Crippen molar-refractivity contribution >= 4 is 23.3 Å². The van der Waals surface area contributed by atoms with Gasteiger partial charge in [-0.2, -0.15) is 0 Å². The van der Waals surface area contributed by atoms with Crippen LogP contribution in [0.15, 0.2) is 36.4 Å². The Hall–Kier alpha value is -3.55. The molecule has 2 aromatic rings. The van der Waals surface area contributed by atoms with Crippen molar-refractivity contribution in [1.82, 2.24) is 0 Å². The van der Waals surface area contributed by atoms with Gasteiger partial charge in [-0.15, -0.1) is 0 Å². The Bertz CT molecular complexity index is 991. The molecule has 0 aliphatic heterocycles. The van der Waals surface area contributed by atoms with Crippen LogP contribution in [0.5, 0.6) is 17.2 Å². The van der Waals surface area contributed by atoms with Crippen LogP contribution >= 0.6 is 0 Å². The lowest BCUT2D eigenvalue weighted by atomic mass is 9.95. The van der Waals surface area contributed by atoms with Crippen molar-refractivity contribution in [3.05, 3.63) is 47.5 Å². The fourth-order valence-electron chi connectivity index (χ4n) is 2.81. The predicted molar refractivity (Wildman–Crippen MR) is 120 cm³/mol. The fraction of sp³-hybridized carbons (Fsp3) is 0.375. The lowest BCUT2D eigenvalue weighted by molar-refractivity contribution is -0.123. The Morgan fingerprint density at radius 3 is 1.94 bits per heavy atom. The first-order valence-corrected chi connectivity index (χ1v) is 9.99. The highest BCUT2D eigenvalue weighted by Crippen LogP contribution is 2.40. The Labute approximate surface area is 187 Å². The Morgan fingerprint density at radius 2 is 1.44 bits per heavy atom. The maximum atomic E-state index is 12.7. The predicted octanol–water partition coefficient (Wildman–Crippen LogP) is 4.13. The first-order valence-electron chi connectivity index (χ1n) is 9.99. The van der Waals surface area contributed by atoms with Crippen LogP contribution < -0.4 is 19.5 Å². The molecule has 0 fully saturated rings. The van der Waals surface area contributed by atoms with Gasteiger partial charge in [0.1, 0.15) is 5.56 Å². The number of hydrogen-bond acceptors (Lipinski definition) is 7. The van der Waals surface area contributed by atoms with E-state index < -0.39 is 17.5 Å². The number of nitrogens with one attached hydrogen (secondary N) is 1. The normalized spacial score (nSPS) is 11.8. The molecule has 1 N–H and O–H groups in total. The minimum atomic E-state index is -1.05. The van der Waals surface area contributed by atoms with Gasteiger partial charge in [0.2, 0.25) is 17.4 Å². The zero-order valence-electron chi connectivity index (χ0n) is 19.4. The summed E-state index contributed by atoms with van der Waals surface area (Å²) in [5.74, 6) is -0.470. The molecule has 0 saturated heterocycles. The van der Waals surface area contributed by atoms with Crippen LogP contribution in [-0.2, 0) is 9.53 Å². The SMILES string of the molecule is COc1ccc(C(=O)OC(C)C(=O)c2ccc(NC(=O)C(C)(C)C)cc2)c(OC)c1OC. The Balaban J connectivity index is 2.14. The zero-order chi connectivity index (χ0) is 24.1. The molecule has 0 aliphatic rings. The van der Waals surface area contributed by atoms with Gasteiger partial charge in [-0.1, -0.05) is 20.8 Å². The van der Waals surface area contributed by atoms with E-state index in [9.17, 15) is 14.4 Å². The molecular formula is C24H29NO7. The molecule has 0 aliphatic carbocycles. The number of ether oxygens (including phenoxy) is 4. The lowest BCUT2D eigenvalue weighted by Gasteiger charge is -2.18. The molecule has 8 heteroatoms. The van der Waals surface area contributed by atoms with Gasteiger partial charge in [-0.25, -0.2) is 4.79 Å². The molecule has 0 bridgehead atoms. The summed E-state index contributed by atoms with van der Waals surface area (Å²) in [6.45, 7) is 6.92. The van der Waals surface area contributed by atoms with Crippen molar-refractivity contribution in [1.29, 1.82) is 0 Å². The second kappa shape index (κ2) is 10.2. The van der Waals surface area contributed by atoms with Gasteiger partial charge < -0.3 is 24.3 Å². The number of amides is 1. The standard InChI is InChI=1S/C24H29NO7/c1-14(19(26)15-8-10-16(11-9-15)25-23(28)24(2,3)4)32-22(27)17-12-13-18(29-5)21(31-7)20(17)30-6/h8-14H,1-7H3,(H,25,28). The van der Waals surface area contributed by atoms with Crippen LogP contribution in [-0.4, -0.2) is 45.1 Å². The van der Waals surface area contributed by atoms with E-state index in [1.165, 1.54) is 34.3 Å².